The van der Waals surface area contributed by atoms with Crippen molar-refractivity contribution in [2.45, 2.75) is 31.3 Å². The van der Waals surface area contributed by atoms with E-state index in [9.17, 15) is 9.90 Å². The highest BCUT2D eigenvalue weighted by molar-refractivity contribution is 14.1. The molecule has 1 N–H and O–H groups in total. The Balaban J connectivity index is 1.90. The third-order valence-electron chi connectivity index (χ3n) is 2.88. The molecule has 0 radical (unpaired) electrons. The molecule has 92 valence electrons. The summed E-state index contributed by atoms with van der Waals surface area (Å²) in [7, 11) is 0. The van der Waals surface area contributed by atoms with E-state index in [2.05, 4.69) is 22.6 Å². The molecule has 2 saturated heterocycles. The molecule has 5 nitrogen and oxygen atoms in total. The van der Waals surface area contributed by atoms with Crippen LogP contribution in [0.2, 0.25) is 0 Å². The number of esters is 1. The first-order valence-corrected chi connectivity index (χ1v) is 6.83. The summed E-state index contributed by atoms with van der Waals surface area (Å²) in [5.74, 6) is -0.348. The quantitative estimate of drug-likeness (QED) is 0.449. The summed E-state index contributed by atoms with van der Waals surface area (Å²) in [6.45, 7) is 2.39. The monoisotopic (exact) mass is 342 g/mol. The molecule has 5 atom stereocenters. The number of halogens is 1. The van der Waals surface area contributed by atoms with Gasteiger partial charge in [-0.1, -0.05) is 29.5 Å². The number of fused-ring (bicyclic) bond motifs is 1. The number of carbonyl (C=O) groups is 1. The van der Waals surface area contributed by atoms with Gasteiger partial charge in [-0.2, -0.15) is 0 Å². The Labute approximate surface area is 108 Å². The fraction of sp³-hybridized carbons (Fsp3) is 0.900. The number of carbonyl (C=O) groups excluding carboxylic acids is 1. The minimum atomic E-state index is -0.601. The molecule has 16 heavy (non-hydrogen) atoms. The zero-order chi connectivity index (χ0) is 11.7. The molecule has 0 aromatic rings. The van der Waals surface area contributed by atoms with Crippen LogP contribution >= 0.6 is 22.6 Å². The molecule has 5 unspecified atom stereocenters. The van der Waals surface area contributed by atoms with Gasteiger partial charge in [0, 0.05) is 4.43 Å². The second-order valence-electron chi connectivity index (χ2n) is 4.19. The van der Waals surface area contributed by atoms with Crippen LogP contribution in [0.3, 0.4) is 0 Å². The third kappa shape index (κ3) is 2.34. The van der Waals surface area contributed by atoms with E-state index in [1.807, 2.05) is 6.92 Å². The van der Waals surface area contributed by atoms with Crippen molar-refractivity contribution in [3.8, 4) is 0 Å². The van der Waals surface area contributed by atoms with E-state index in [1.165, 1.54) is 0 Å². The summed E-state index contributed by atoms with van der Waals surface area (Å²) >= 11 is 2.15. The molecule has 2 aliphatic rings. The minimum Gasteiger partial charge on any atom is -0.457 e. The number of aliphatic hydroxyl groups excluding tert-OH is 1. The first-order chi connectivity index (χ1) is 7.63. The van der Waals surface area contributed by atoms with Crippen molar-refractivity contribution in [1.82, 2.24) is 0 Å². The molecule has 0 aromatic heterocycles. The van der Waals surface area contributed by atoms with Crippen LogP contribution in [-0.2, 0) is 19.0 Å². The fourth-order valence-corrected chi connectivity index (χ4v) is 2.23. The largest absolute Gasteiger partial charge is 0.457 e. The Morgan fingerprint density at radius 3 is 2.88 bits per heavy atom. The smallest absolute Gasteiger partial charge is 0.309 e. The molecule has 6 heteroatoms. The van der Waals surface area contributed by atoms with Gasteiger partial charge < -0.3 is 19.3 Å². The summed E-state index contributed by atoms with van der Waals surface area (Å²) in [5, 5.41) is 9.51. The average molecular weight is 342 g/mol. The van der Waals surface area contributed by atoms with Gasteiger partial charge in [0.2, 0.25) is 0 Å². The van der Waals surface area contributed by atoms with Crippen LogP contribution in [0.1, 0.15) is 6.92 Å². The normalized spacial score (nSPS) is 39.4. The summed E-state index contributed by atoms with van der Waals surface area (Å²) in [6.07, 6.45) is -1.62. The SMILES string of the molecule is CC(CI)C(=O)OC1COC2C(O)COC12. The number of hydrogen-bond acceptors (Lipinski definition) is 5. The van der Waals surface area contributed by atoms with Crippen LogP contribution < -0.4 is 0 Å². The van der Waals surface area contributed by atoms with E-state index in [4.69, 9.17) is 14.2 Å². The Morgan fingerprint density at radius 2 is 2.19 bits per heavy atom. The lowest BCUT2D eigenvalue weighted by atomic mass is 10.1. The summed E-state index contributed by atoms with van der Waals surface area (Å²) < 4.78 is 16.8. The molecule has 2 aliphatic heterocycles. The number of alkyl halides is 1. The van der Waals surface area contributed by atoms with E-state index in [-0.39, 0.29) is 36.8 Å². The Kier molecular flexibility index (Phi) is 4.04. The first kappa shape index (κ1) is 12.5. The van der Waals surface area contributed by atoms with E-state index in [0.717, 1.165) is 4.43 Å². The summed E-state index contributed by atoms with van der Waals surface area (Å²) in [4.78, 5) is 11.6. The first-order valence-electron chi connectivity index (χ1n) is 5.31. The average Bonchev–Trinajstić information content (AvgIpc) is 2.82. The van der Waals surface area contributed by atoms with E-state index in [1.54, 1.807) is 0 Å². The van der Waals surface area contributed by atoms with Crippen molar-refractivity contribution < 1.29 is 24.1 Å². The molecular formula is C10H15IO5. The van der Waals surface area contributed by atoms with Gasteiger partial charge in [0.25, 0.3) is 0 Å². The molecule has 2 rings (SSSR count). The van der Waals surface area contributed by atoms with Crippen LogP contribution in [0.25, 0.3) is 0 Å². The van der Waals surface area contributed by atoms with Crippen LogP contribution in [0.5, 0.6) is 0 Å². The van der Waals surface area contributed by atoms with Crippen molar-refractivity contribution in [3.05, 3.63) is 0 Å². The van der Waals surface area contributed by atoms with E-state index < -0.39 is 6.10 Å². The number of aliphatic hydroxyl groups is 1. The minimum absolute atomic E-state index is 0.119. The van der Waals surface area contributed by atoms with Gasteiger partial charge in [-0.3, -0.25) is 4.79 Å². The van der Waals surface area contributed by atoms with Gasteiger partial charge in [-0.25, -0.2) is 0 Å². The molecule has 0 amide bonds. The third-order valence-corrected chi connectivity index (χ3v) is 4.20. The molecule has 0 saturated carbocycles. The van der Waals surface area contributed by atoms with Crippen molar-refractivity contribution >= 4 is 28.6 Å². The summed E-state index contributed by atoms with van der Waals surface area (Å²) in [5.41, 5.74) is 0. The number of hydrogen-bond donors (Lipinski definition) is 1. The second-order valence-corrected chi connectivity index (χ2v) is 5.07. The molecule has 2 heterocycles. The summed E-state index contributed by atoms with van der Waals surface area (Å²) in [6, 6.07) is 0. The molecule has 0 bridgehead atoms. The molecule has 0 spiro atoms. The van der Waals surface area contributed by atoms with Crippen molar-refractivity contribution in [2.24, 2.45) is 5.92 Å². The highest BCUT2D eigenvalue weighted by Gasteiger charge is 2.49. The lowest BCUT2D eigenvalue weighted by Gasteiger charge is -2.18. The van der Waals surface area contributed by atoms with Crippen molar-refractivity contribution in [2.75, 3.05) is 17.6 Å². The Hall–Kier alpha value is 0.0800. The zero-order valence-electron chi connectivity index (χ0n) is 8.97. The van der Waals surface area contributed by atoms with Crippen molar-refractivity contribution in [1.29, 1.82) is 0 Å². The topological polar surface area (TPSA) is 65.0 Å². The van der Waals surface area contributed by atoms with Crippen LogP contribution in [0.4, 0.5) is 0 Å². The van der Waals surface area contributed by atoms with Crippen LogP contribution in [0.15, 0.2) is 0 Å². The maximum Gasteiger partial charge on any atom is 0.309 e. The lowest BCUT2D eigenvalue weighted by Crippen LogP contribution is -2.35. The predicted molar refractivity (Wildman–Crippen MR) is 63.4 cm³/mol. The van der Waals surface area contributed by atoms with Crippen LogP contribution in [-0.4, -0.2) is 53.1 Å². The fourth-order valence-electron chi connectivity index (χ4n) is 1.87. The molecule has 2 fully saturated rings. The van der Waals surface area contributed by atoms with Gasteiger partial charge in [-0.05, 0) is 0 Å². The number of rotatable bonds is 3. The standard InChI is InChI=1S/C10H15IO5/c1-5(2-11)10(13)16-7-4-15-8-6(12)3-14-9(7)8/h5-9,12H,2-4H2,1H3. The Bertz CT molecular complexity index is 272. The molecule has 0 aliphatic carbocycles. The molecular weight excluding hydrogens is 327 g/mol. The van der Waals surface area contributed by atoms with Gasteiger partial charge in [0.05, 0.1) is 19.1 Å². The Morgan fingerprint density at radius 1 is 1.50 bits per heavy atom. The molecule has 0 aromatic carbocycles. The maximum atomic E-state index is 11.6. The zero-order valence-corrected chi connectivity index (χ0v) is 11.1. The van der Waals surface area contributed by atoms with Crippen molar-refractivity contribution in [3.63, 3.8) is 0 Å². The van der Waals surface area contributed by atoms with Crippen LogP contribution in [0, 0.1) is 5.92 Å². The van der Waals surface area contributed by atoms with E-state index in [0.29, 0.717) is 6.61 Å². The van der Waals surface area contributed by atoms with Gasteiger partial charge in [0.1, 0.15) is 18.3 Å². The van der Waals surface area contributed by atoms with Gasteiger partial charge in [-0.15, -0.1) is 0 Å². The maximum absolute atomic E-state index is 11.6. The number of ether oxygens (including phenoxy) is 3. The van der Waals surface area contributed by atoms with Gasteiger partial charge >= 0.3 is 5.97 Å². The second kappa shape index (κ2) is 5.16. The highest BCUT2D eigenvalue weighted by atomic mass is 127. The predicted octanol–water partition coefficient (Wildman–Crippen LogP) is 0.128. The lowest BCUT2D eigenvalue weighted by molar-refractivity contribution is -0.157. The van der Waals surface area contributed by atoms with E-state index >= 15 is 0 Å². The highest BCUT2D eigenvalue weighted by Crippen LogP contribution is 2.29. The van der Waals surface area contributed by atoms with Gasteiger partial charge in [0.15, 0.2) is 6.10 Å².